The molecule has 0 fully saturated rings. The van der Waals surface area contributed by atoms with Crippen molar-refractivity contribution in [2.45, 2.75) is 45.1 Å². The molecule has 238 valence electrons. The number of benzene rings is 4. The van der Waals surface area contributed by atoms with E-state index in [1.807, 2.05) is 18.3 Å². The van der Waals surface area contributed by atoms with Gasteiger partial charge >= 0.3 is 12.5 Å². The molecule has 0 N–H and O–H groups in total. The van der Waals surface area contributed by atoms with E-state index in [0.29, 0.717) is 22.4 Å². The van der Waals surface area contributed by atoms with E-state index in [0.717, 1.165) is 55.5 Å². The third-order valence-corrected chi connectivity index (χ3v) is 7.28. The zero-order valence-corrected chi connectivity index (χ0v) is 24.6. The van der Waals surface area contributed by atoms with Crippen LogP contribution in [0.3, 0.4) is 0 Å². The molecule has 5 aromatic rings. The van der Waals surface area contributed by atoms with E-state index in [4.69, 9.17) is 4.74 Å². The highest BCUT2D eigenvalue weighted by atomic mass is 19.4. The minimum Gasteiger partial charge on any atom is -0.429 e. The first-order valence-corrected chi connectivity index (χ1v) is 14.5. The summed E-state index contributed by atoms with van der Waals surface area (Å²) in [4.78, 5) is 4.47. The molecule has 0 aliphatic carbocycles. The lowest BCUT2D eigenvalue weighted by molar-refractivity contribution is -0.275. The molecule has 0 bridgehead atoms. The molecular weight excluding hydrogens is 611 g/mol. The molecule has 0 amide bonds. The Morgan fingerprint density at radius 2 is 1.28 bits per heavy atom. The zero-order valence-electron chi connectivity index (χ0n) is 24.6. The molecule has 46 heavy (non-hydrogen) atoms. The highest BCUT2D eigenvalue weighted by Crippen LogP contribution is 2.35. The van der Waals surface area contributed by atoms with E-state index in [1.165, 1.54) is 48.5 Å². The third-order valence-electron chi connectivity index (χ3n) is 7.28. The minimum absolute atomic E-state index is 0.00191. The largest absolute Gasteiger partial charge is 0.573 e. The van der Waals surface area contributed by atoms with Crippen LogP contribution in [-0.2, 0) is 12.5 Å². The average molecular weight is 640 g/mol. The Labute approximate surface area is 261 Å². The summed E-state index contributed by atoms with van der Waals surface area (Å²) in [5.74, 6) is -3.22. The molecule has 0 aliphatic heterocycles. The van der Waals surface area contributed by atoms with Gasteiger partial charge < -0.3 is 9.47 Å². The summed E-state index contributed by atoms with van der Waals surface area (Å²) in [6.07, 6.45) is -2.58. The first-order chi connectivity index (χ1) is 21.9. The summed E-state index contributed by atoms with van der Waals surface area (Å²) in [7, 11) is 0. The average Bonchev–Trinajstić information content (AvgIpc) is 3.02. The molecule has 1 aromatic heterocycles. The lowest BCUT2D eigenvalue weighted by Gasteiger charge is -2.19. The summed E-state index contributed by atoms with van der Waals surface area (Å²) >= 11 is 0. The van der Waals surface area contributed by atoms with Crippen molar-refractivity contribution in [2.24, 2.45) is 0 Å². The summed E-state index contributed by atoms with van der Waals surface area (Å²) in [6.45, 7) is 2.14. The van der Waals surface area contributed by atoms with Gasteiger partial charge in [-0.05, 0) is 83.6 Å². The van der Waals surface area contributed by atoms with Crippen molar-refractivity contribution < 1.29 is 40.2 Å². The Kier molecular flexibility index (Phi) is 9.65. The third kappa shape index (κ3) is 8.04. The van der Waals surface area contributed by atoms with E-state index in [2.05, 4.69) is 16.6 Å². The van der Waals surface area contributed by atoms with Crippen molar-refractivity contribution in [3.63, 3.8) is 0 Å². The van der Waals surface area contributed by atoms with Crippen LogP contribution in [-0.4, -0.2) is 11.3 Å². The summed E-state index contributed by atoms with van der Waals surface area (Å²) < 4.78 is 105. The smallest absolute Gasteiger partial charge is 0.429 e. The summed E-state index contributed by atoms with van der Waals surface area (Å²) in [6, 6.07) is 21.8. The van der Waals surface area contributed by atoms with Crippen LogP contribution in [0.2, 0.25) is 0 Å². The lowest BCUT2D eigenvalue weighted by atomic mass is 9.99. The molecule has 0 unspecified atom stereocenters. The van der Waals surface area contributed by atoms with Gasteiger partial charge in [-0.15, -0.1) is 13.2 Å². The fourth-order valence-electron chi connectivity index (χ4n) is 4.88. The summed E-state index contributed by atoms with van der Waals surface area (Å²) in [5.41, 5.74) is 2.97. The summed E-state index contributed by atoms with van der Waals surface area (Å²) in [5, 5.41) is 0. The zero-order chi connectivity index (χ0) is 32.9. The predicted molar refractivity (Wildman–Crippen MR) is 161 cm³/mol. The van der Waals surface area contributed by atoms with Gasteiger partial charge in [0.1, 0.15) is 11.6 Å². The molecule has 3 nitrogen and oxygen atoms in total. The quantitative estimate of drug-likeness (QED) is 0.106. The van der Waals surface area contributed by atoms with Crippen molar-refractivity contribution in [1.82, 2.24) is 4.98 Å². The monoisotopic (exact) mass is 639 g/mol. The molecule has 0 radical (unpaired) electrons. The topological polar surface area (TPSA) is 31.4 Å². The van der Waals surface area contributed by atoms with E-state index in [9.17, 15) is 22.0 Å². The number of rotatable bonds is 11. The maximum absolute atomic E-state index is 15.0. The van der Waals surface area contributed by atoms with Crippen LogP contribution < -0.4 is 9.47 Å². The second kappa shape index (κ2) is 13.6. The maximum atomic E-state index is 15.0. The number of alkyl halides is 5. The second-order valence-corrected chi connectivity index (χ2v) is 10.6. The van der Waals surface area contributed by atoms with Crippen molar-refractivity contribution in [3.05, 3.63) is 126 Å². The number of pyridine rings is 1. The van der Waals surface area contributed by atoms with Gasteiger partial charge in [0, 0.05) is 17.3 Å². The Morgan fingerprint density at radius 1 is 0.630 bits per heavy atom. The molecule has 1 heterocycles. The van der Waals surface area contributed by atoms with Crippen LogP contribution in [0.1, 0.15) is 37.3 Å². The van der Waals surface area contributed by atoms with Gasteiger partial charge in [0.25, 0.3) is 0 Å². The molecule has 0 saturated heterocycles. The van der Waals surface area contributed by atoms with Gasteiger partial charge in [-0.25, -0.2) is 8.78 Å². The van der Waals surface area contributed by atoms with Gasteiger partial charge in [0.15, 0.2) is 11.6 Å². The molecule has 0 aliphatic rings. The number of unbranched alkanes of at least 4 members (excludes halogenated alkanes) is 2. The Bertz CT molecular complexity index is 1770. The van der Waals surface area contributed by atoms with Crippen LogP contribution in [0.25, 0.3) is 33.5 Å². The van der Waals surface area contributed by atoms with Crippen LogP contribution in [0.5, 0.6) is 11.5 Å². The van der Waals surface area contributed by atoms with Crippen LogP contribution >= 0.6 is 0 Å². The molecule has 5 rings (SSSR count). The molecule has 10 heteroatoms. The number of halogens is 7. The number of aromatic nitrogens is 1. The number of nitrogens with zero attached hydrogens (tertiary/aromatic N) is 1. The second-order valence-electron chi connectivity index (χ2n) is 10.6. The Balaban J connectivity index is 1.24. The van der Waals surface area contributed by atoms with E-state index in [-0.39, 0.29) is 22.4 Å². The fourth-order valence-corrected chi connectivity index (χ4v) is 4.88. The maximum Gasteiger partial charge on any atom is 0.573 e. The molecular formula is C36H28F7NO2. The first-order valence-electron chi connectivity index (χ1n) is 14.5. The number of hydrogen-bond donors (Lipinski definition) is 0. The van der Waals surface area contributed by atoms with Gasteiger partial charge in [0.05, 0.1) is 11.3 Å². The van der Waals surface area contributed by atoms with Gasteiger partial charge in [-0.3, -0.25) is 4.98 Å². The highest BCUT2D eigenvalue weighted by Gasteiger charge is 2.35. The van der Waals surface area contributed by atoms with Crippen LogP contribution in [0, 0.1) is 11.6 Å². The minimum atomic E-state index is -5.07. The molecule has 0 atom stereocenters. The van der Waals surface area contributed by atoms with Crippen molar-refractivity contribution in [3.8, 4) is 45.0 Å². The highest BCUT2D eigenvalue weighted by molar-refractivity contribution is 5.72. The molecule has 4 aromatic carbocycles. The van der Waals surface area contributed by atoms with Crippen molar-refractivity contribution in [1.29, 1.82) is 0 Å². The normalized spacial score (nSPS) is 11.8. The van der Waals surface area contributed by atoms with Crippen molar-refractivity contribution >= 4 is 0 Å². The van der Waals surface area contributed by atoms with Crippen molar-refractivity contribution in [2.75, 3.05) is 0 Å². The van der Waals surface area contributed by atoms with E-state index < -0.39 is 29.9 Å². The Morgan fingerprint density at radius 3 is 1.89 bits per heavy atom. The van der Waals surface area contributed by atoms with Crippen LogP contribution in [0.15, 0.2) is 103 Å². The van der Waals surface area contributed by atoms with Crippen LogP contribution in [0.4, 0.5) is 30.7 Å². The standard InChI is InChI=1S/C36H28F7NO2/c1-2-3-4-5-23-6-18-33(44-22-23)25-7-13-28(14-8-25)35(39,40)45-29-15-9-24(10-16-29)26-11-17-30(31(37)20-26)27-12-19-34(32(38)21-27)46-36(41,42)43/h6-22H,2-5H2,1H3. The lowest BCUT2D eigenvalue weighted by Crippen LogP contribution is -2.21. The van der Waals surface area contributed by atoms with E-state index >= 15 is 8.78 Å². The van der Waals surface area contributed by atoms with Gasteiger partial charge in [-0.1, -0.05) is 68.3 Å². The molecule has 0 saturated carbocycles. The van der Waals surface area contributed by atoms with E-state index in [1.54, 1.807) is 12.1 Å². The van der Waals surface area contributed by atoms with Gasteiger partial charge in [0.2, 0.25) is 0 Å². The number of ether oxygens (including phenoxy) is 2. The van der Waals surface area contributed by atoms with Gasteiger partial charge in [-0.2, -0.15) is 8.78 Å². The SMILES string of the molecule is CCCCCc1ccc(-c2ccc(C(F)(F)Oc3ccc(-c4ccc(-c5ccc(OC(F)(F)F)c(F)c5)c(F)c4)cc3)cc2)nc1. The number of aryl methyl sites for hydroxylation is 1. The fraction of sp³-hybridized carbons (Fsp3) is 0.194. The number of hydrogen-bond acceptors (Lipinski definition) is 3. The molecule has 0 spiro atoms. The first kappa shape index (κ1) is 32.5. The predicted octanol–water partition coefficient (Wildman–Crippen LogP) is 11.1. The Hall–Kier alpha value is -4.86.